The fourth-order valence-corrected chi connectivity index (χ4v) is 2.08. The Morgan fingerprint density at radius 3 is 2.29 bits per heavy atom. The van der Waals surface area contributed by atoms with Gasteiger partial charge in [0.05, 0.1) is 6.67 Å². The average molecular weight is 355 g/mol. The van der Waals surface area contributed by atoms with E-state index in [0.29, 0.717) is 6.04 Å². The molecule has 0 bridgehead atoms. The molecule has 122 valence electrons. The maximum Gasteiger partial charge on any atom is 0.0891 e. The van der Waals surface area contributed by atoms with Crippen molar-refractivity contribution in [3.63, 3.8) is 0 Å². The molecule has 1 atom stereocenters. The molecule has 2 rings (SSSR count). The van der Waals surface area contributed by atoms with Crippen LogP contribution in [-0.4, -0.2) is 36.1 Å². The van der Waals surface area contributed by atoms with Gasteiger partial charge in [-0.2, -0.15) is 0 Å². The number of nitrogen functional groups attached to an aromatic ring is 1. The summed E-state index contributed by atoms with van der Waals surface area (Å²) in [5.41, 5.74) is 7.62. The maximum absolute atomic E-state index is 5.69. The van der Waals surface area contributed by atoms with E-state index in [1.54, 1.807) is 0 Å². The third kappa shape index (κ3) is 7.02. The summed E-state index contributed by atoms with van der Waals surface area (Å²) in [6, 6.07) is 8.37. The normalized spacial score (nSPS) is 13.8. The Morgan fingerprint density at radius 2 is 1.81 bits per heavy atom. The minimum Gasteiger partial charge on any atom is -1.00 e. The number of anilines is 2. The molecule has 1 aromatic carbocycles. The second-order valence-electron chi connectivity index (χ2n) is 4.84. The van der Waals surface area contributed by atoms with Gasteiger partial charge >= 0.3 is 0 Å². The highest BCUT2D eigenvalue weighted by atomic mass is 35.5. The number of nitrogens with one attached hydrogen (secondary N) is 1. The molecule has 0 fully saturated rings. The SMILES string of the molecule is CCC(CN1C=CN(C)C1)Nc1ccc(N)cc1.Cl.Cl.[Cl-]. The molecule has 0 radical (unpaired) electrons. The lowest BCUT2D eigenvalue weighted by atomic mass is 10.2. The zero-order valence-corrected chi connectivity index (χ0v) is 14.7. The number of nitrogens with zero attached hydrogens (tertiary/aromatic N) is 2. The molecule has 0 saturated carbocycles. The van der Waals surface area contributed by atoms with Crippen LogP contribution in [0.4, 0.5) is 11.4 Å². The van der Waals surface area contributed by atoms with E-state index < -0.39 is 0 Å². The third-order valence-corrected chi connectivity index (χ3v) is 3.17. The third-order valence-electron chi connectivity index (χ3n) is 3.17. The van der Waals surface area contributed by atoms with Crippen molar-refractivity contribution < 1.29 is 12.4 Å². The zero-order chi connectivity index (χ0) is 13.0. The smallest absolute Gasteiger partial charge is 0.0891 e. The summed E-state index contributed by atoms with van der Waals surface area (Å²) in [5, 5.41) is 3.55. The van der Waals surface area contributed by atoms with Crippen molar-refractivity contribution in [2.45, 2.75) is 19.4 Å². The fourth-order valence-electron chi connectivity index (χ4n) is 2.08. The summed E-state index contributed by atoms with van der Waals surface area (Å²) in [6.07, 6.45) is 5.35. The lowest BCUT2D eigenvalue weighted by Crippen LogP contribution is -3.00. The summed E-state index contributed by atoms with van der Waals surface area (Å²) in [4.78, 5) is 4.49. The van der Waals surface area contributed by atoms with E-state index in [0.717, 1.165) is 31.0 Å². The van der Waals surface area contributed by atoms with Crippen LogP contribution in [0.2, 0.25) is 0 Å². The molecular weight excluding hydrogens is 331 g/mol. The molecule has 1 heterocycles. The van der Waals surface area contributed by atoms with Crippen molar-refractivity contribution in [1.82, 2.24) is 9.80 Å². The van der Waals surface area contributed by atoms with Crippen LogP contribution in [0.5, 0.6) is 0 Å². The number of hydrogen-bond acceptors (Lipinski definition) is 4. The molecule has 21 heavy (non-hydrogen) atoms. The first kappa shape index (κ1) is 22.3. The van der Waals surface area contributed by atoms with E-state index in [1.165, 1.54) is 0 Å². The van der Waals surface area contributed by atoms with Gasteiger partial charge in [-0.25, -0.2) is 0 Å². The molecule has 1 aromatic rings. The van der Waals surface area contributed by atoms with Crippen molar-refractivity contribution in [3.05, 3.63) is 36.7 Å². The number of hydrogen-bond donors (Lipinski definition) is 2. The van der Waals surface area contributed by atoms with Gasteiger partial charge in [0.2, 0.25) is 0 Å². The van der Waals surface area contributed by atoms with Crippen LogP contribution < -0.4 is 23.5 Å². The van der Waals surface area contributed by atoms with Gasteiger partial charge in [-0.05, 0) is 30.7 Å². The average Bonchev–Trinajstić information content (AvgIpc) is 2.77. The zero-order valence-electron chi connectivity index (χ0n) is 12.3. The van der Waals surface area contributed by atoms with Crippen LogP contribution in [0.1, 0.15) is 13.3 Å². The van der Waals surface area contributed by atoms with Crippen molar-refractivity contribution in [3.8, 4) is 0 Å². The quantitative estimate of drug-likeness (QED) is 0.730. The van der Waals surface area contributed by atoms with Crippen LogP contribution in [0, 0.1) is 0 Å². The molecular formula is C14H24Cl3N4-. The highest BCUT2D eigenvalue weighted by Gasteiger charge is 2.14. The van der Waals surface area contributed by atoms with Crippen LogP contribution >= 0.6 is 24.8 Å². The first-order valence-electron chi connectivity index (χ1n) is 6.42. The largest absolute Gasteiger partial charge is 1.00 e. The number of halogens is 3. The highest BCUT2D eigenvalue weighted by molar-refractivity contribution is 5.85. The lowest BCUT2D eigenvalue weighted by Gasteiger charge is -2.25. The van der Waals surface area contributed by atoms with Crippen LogP contribution in [0.15, 0.2) is 36.7 Å². The van der Waals surface area contributed by atoms with E-state index in [1.807, 2.05) is 24.3 Å². The monoisotopic (exact) mass is 353 g/mol. The summed E-state index contributed by atoms with van der Waals surface area (Å²) in [7, 11) is 2.09. The number of benzene rings is 1. The Bertz CT molecular complexity index is 411. The molecule has 0 spiro atoms. The molecule has 3 N–H and O–H groups in total. The van der Waals surface area contributed by atoms with Crippen molar-refractivity contribution in [2.24, 2.45) is 0 Å². The van der Waals surface area contributed by atoms with Gasteiger partial charge in [-0.1, -0.05) is 6.92 Å². The first-order chi connectivity index (χ1) is 8.67. The molecule has 7 heteroatoms. The summed E-state index contributed by atoms with van der Waals surface area (Å²) in [6.45, 7) is 4.19. The molecule has 0 aliphatic carbocycles. The van der Waals surface area contributed by atoms with Gasteiger partial charge in [0.15, 0.2) is 0 Å². The molecule has 0 aromatic heterocycles. The van der Waals surface area contributed by atoms with Crippen molar-refractivity contribution in [2.75, 3.05) is 31.3 Å². The Balaban J connectivity index is 0. The topological polar surface area (TPSA) is 44.5 Å². The van der Waals surface area contributed by atoms with Crippen LogP contribution in [0.25, 0.3) is 0 Å². The van der Waals surface area contributed by atoms with Gasteiger partial charge in [0.1, 0.15) is 0 Å². The summed E-state index contributed by atoms with van der Waals surface area (Å²) < 4.78 is 0. The van der Waals surface area contributed by atoms with Gasteiger partial charge in [0.25, 0.3) is 0 Å². The van der Waals surface area contributed by atoms with Gasteiger partial charge < -0.3 is 33.3 Å². The second kappa shape index (κ2) is 10.7. The van der Waals surface area contributed by atoms with Crippen molar-refractivity contribution >= 4 is 36.2 Å². The van der Waals surface area contributed by atoms with E-state index >= 15 is 0 Å². The Labute approximate surface area is 146 Å². The Hall–Kier alpha value is -0.970. The van der Waals surface area contributed by atoms with E-state index in [-0.39, 0.29) is 37.2 Å². The Kier molecular flexibility index (Phi) is 11.4. The molecule has 0 amide bonds. The van der Waals surface area contributed by atoms with E-state index in [4.69, 9.17) is 5.73 Å². The van der Waals surface area contributed by atoms with Crippen LogP contribution in [-0.2, 0) is 0 Å². The molecule has 4 nitrogen and oxygen atoms in total. The minimum absolute atomic E-state index is 0. The Morgan fingerprint density at radius 1 is 1.19 bits per heavy atom. The first-order valence-corrected chi connectivity index (χ1v) is 6.42. The predicted octanol–water partition coefficient (Wildman–Crippen LogP) is -0.0170. The lowest BCUT2D eigenvalue weighted by molar-refractivity contribution is -0.00000416. The van der Waals surface area contributed by atoms with Crippen LogP contribution in [0.3, 0.4) is 0 Å². The summed E-state index contributed by atoms with van der Waals surface area (Å²) in [5.74, 6) is 0. The standard InChI is InChI=1S/C14H22N4.3ClH/c1-3-13(10-18-9-8-17(2)11-18)16-14-6-4-12(15)5-7-14;;;/h4-9,13,16H,3,10-11,15H2,1-2H3;3*1H/p-1. The molecule has 1 unspecified atom stereocenters. The number of rotatable bonds is 5. The number of nitrogens with two attached hydrogens (primary N) is 1. The van der Waals surface area contributed by atoms with Gasteiger partial charge in [-0.3, -0.25) is 0 Å². The maximum atomic E-state index is 5.69. The van der Waals surface area contributed by atoms with Crippen molar-refractivity contribution in [1.29, 1.82) is 0 Å². The van der Waals surface area contributed by atoms with Gasteiger partial charge in [-0.15, -0.1) is 24.8 Å². The predicted molar refractivity (Wildman–Crippen MR) is 91.5 cm³/mol. The van der Waals surface area contributed by atoms with Gasteiger partial charge in [0, 0.05) is 43.4 Å². The van der Waals surface area contributed by atoms with E-state index in [2.05, 4.69) is 41.5 Å². The fraction of sp³-hybridized carbons (Fsp3) is 0.429. The second-order valence-corrected chi connectivity index (χ2v) is 4.84. The minimum atomic E-state index is 0. The summed E-state index contributed by atoms with van der Waals surface area (Å²) >= 11 is 0. The molecule has 0 saturated heterocycles. The highest BCUT2D eigenvalue weighted by Crippen LogP contribution is 2.14. The molecule has 1 aliphatic heterocycles. The van der Waals surface area contributed by atoms with E-state index in [9.17, 15) is 0 Å². The molecule has 1 aliphatic rings.